The lowest BCUT2D eigenvalue weighted by molar-refractivity contribution is -0.139. The number of nitrogens with zero attached hydrogens (tertiary/aromatic N) is 2. The molecule has 1 heterocycles. The van der Waals surface area contributed by atoms with E-state index in [1.165, 1.54) is 4.90 Å². The van der Waals surface area contributed by atoms with Crippen LogP contribution in [0, 0.1) is 40.3 Å². The molecule has 3 aliphatic rings. The molecule has 4 atom stereocenters. The van der Waals surface area contributed by atoms with Gasteiger partial charge in [-0.25, -0.2) is 4.39 Å². The standard InChI is InChI=1S/C26H26F4N2O2/c1-25-12-11-23(34)32(15-19-20(26(28,29)30)5-2-6-21(19)27)14-17(25)8-9-18-16(4-3-13-31)7-10-22(33)24(18)25/h2,5-7,10,14,16,18,24H,3-4,8-9,11-12,15H2,1H3/t16-,18?,24?,25?/m1/s1. The zero-order valence-corrected chi connectivity index (χ0v) is 18.9. The molecule has 1 aromatic rings. The molecule has 2 aliphatic carbocycles. The van der Waals surface area contributed by atoms with E-state index in [4.69, 9.17) is 5.26 Å². The van der Waals surface area contributed by atoms with E-state index in [2.05, 4.69) is 6.07 Å². The second-order valence-corrected chi connectivity index (χ2v) is 9.66. The number of alkyl halides is 3. The van der Waals surface area contributed by atoms with Crippen LogP contribution in [0.15, 0.2) is 42.1 Å². The van der Waals surface area contributed by atoms with Crippen molar-refractivity contribution in [2.24, 2.45) is 23.2 Å². The maximum atomic E-state index is 14.5. The highest BCUT2D eigenvalue weighted by molar-refractivity contribution is 5.94. The molecule has 0 spiro atoms. The number of amides is 1. The van der Waals surface area contributed by atoms with Gasteiger partial charge in [-0.05, 0) is 61.3 Å². The van der Waals surface area contributed by atoms with E-state index in [-0.39, 0.29) is 30.0 Å². The number of hydrogen-bond donors (Lipinski definition) is 0. The molecule has 1 saturated carbocycles. The average Bonchev–Trinajstić information content (AvgIpc) is 2.90. The Kier molecular flexibility index (Phi) is 6.41. The van der Waals surface area contributed by atoms with Crippen LogP contribution < -0.4 is 0 Å². The summed E-state index contributed by atoms with van der Waals surface area (Å²) in [6.07, 6.45) is 3.07. The van der Waals surface area contributed by atoms with Crippen LogP contribution in [0.4, 0.5) is 17.6 Å². The van der Waals surface area contributed by atoms with Gasteiger partial charge < -0.3 is 4.90 Å². The largest absolute Gasteiger partial charge is 0.416 e. The Bertz CT molecular complexity index is 1100. The maximum absolute atomic E-state index is 14.5. The van der Waals surface area contributed by atoms with Crippen molar-refractivity contribution >= 4 is 11.7 Å². The molecule has 0 bridgehead atoms. The molecular weight excluding hydrogens is 448 g/mol. The Morgan fingerprint density at radius 1 is 1.24 bits per heavy atom. The monoisotopic (exact) mass is 474 g/mol. The number of allylic oxidation sites excluding steroid dienone is 3. The smallest absolute Gasteiger partial charge is 0.315 e. The van der Waals surface area contributed by atoms with Crippen molar-refractivity contribution in [1.29, 1.82) is 5.26 Å². The fourth-order valence-corrected chi connectivity index (χ4v) is 6.03. The second kappa shape index (κ2) is 9.01. The topological polar surface area (TPSA) is 61.2 Å². The Hall–Kier alpha value is -2.95. The van der Waals surface area contributed by atoms with E-state index in [0.717, 1.165) is 23.8 Å². The van der Waals surface area contributed by atoms with Gasteiger partial charge in [-0.15, -0.1) is 0 Å². The van der Waals surface area contributed by atoms with Crippen molar-refractivity contribution in [2.75, 3.05) is 0 Å². The summed E-state index contributed by atoms with van der Waals surface area (Å²) in [7, 11) is 0. The number of carbonyl (C=O) groups is 2. The molecule has 0 radical (unpaired) electrons. The third-order valence-electron chi connectivity index (χ3n) is 7.79. The fraction of sp³-hybridized carbons (Fsp3) is 0.500. The molecule has 8 heteroatoms. The van der Waals surface area contributed by atoms with Crippen LogP contribution >= 0.6 is 0 Å². The molecule has 0 N–H and O–H groups in total. The molecule has 180 valence electrons. The lowest BCUT2D eigenvalue weighted by atomic mass is 9.53. The highest BCUT2D eigenvalue weighted by Gasteiger charge is 2.52. The number of ketones is 1. The van der Waals surface area contributed by atoms with Crippen LogP contribution in [0.2, 0.25) is 0 Å². The summed E-state index contributed by atoms with van der Waals surface area (Å²) < 4.78 is 54.9. The Morgan fingerprint density at radius 3 is 2.71 bits per heavy atom. The molecule has 4 nitrogen and oxygen atoms in total. The third-order valence-corrected chi connectivity index (χ3v) is 7.79. The van der Waals surface area contributed by atoms with Crippen LogP contribution in [0.5, 0.6) is 0 Å². The molecule has 0 aromatic heterocycles. The molecule has 1 amide bonds. The second-order valence-electron chi connectivity index (χ2n) is 9.66. The first kappa shape index (κ1) is 24.2. The zero-order chi connectivity index (χ0) is 24.7. The molecule has 4 rings (SSSR count). The minimum absolute atomic E-state index is 0.0133. The van der Waals surface area contributed by atoms with E-state index in [1.54, 1.807) is 12.3 Å². The van der Waals surface area contributed by atoms with Gasteiger partial charge in [0, 0.05) is 35.9 Å². The summed E-state index contributed by atoms with van der Waals surface area (Å²) in [5.41, 5.74) is -1.44. The van der Waals surface area contributed by atoms with E-state index in [1.807, 2.05) is 13.0 Å². The van der Waals surface area contributed by atoms with Gasteiger partial charge in [-0.1, -0.05) is 19.1 Å². The molecule has 0 saturated heterocycles. The summed E-state index contributed by atoms with van der Waals surface area (Å²) in [6, 6.07) is 4.95. The van der Waals surface area contributed by atoms with Gasteiger partial charge in [-0.2, -0.15) is 18.4 Å². The minimum atomic E-state index is -4.74. The number of rotatable bonds is 4. The summed E-state index contributed by atoms with van der Waals surface area (Å²) in [4.78, 5) is 27.2. The van der Waals surface area contributed by atoms with Gasteiger partial charge in [0.15, 0.2) is 5.78 Å². The highest BCUT2D eigenvalue weighted by atomic mass is 19.4. The lowest BCUT2D eigenvalue weighted by Gasteiger charge is -2.50. The first-order valence-corrected chi connectivity index (χ1v) is 11.5. The van der Waals surface area contributed by atoms with Crippen LogP contribution in [0.1, 0.15) is 56.6 Å². The van der Waals surface area contributed by atoms with Gasteiger partial charge in [0.2, 0.25) is 5.91 Å². The predicted octanol–water partition coefficient (Wildman–Crippen LogP) is 5.94. The highest BCUT2D eigenvalue weighted by Crippen LogP contribution is 2.56. The third kappa shape index (κ3) is 4.28. The van der Waals surface area contributed by atoms with Crippen LogP contribution in [-0.4, -0.2) is 16.6 Å². The van der Waals surface area contributed by atoms with Crippen molar-refractivity contribution < 1.29 is 27.2 Å². The van der Waals surface area contributed by atoms with Crippen molar-refractivity contribution in [1.82, 2.24) is 4.90 Å². The van der Waals surface area contributed by atoms with Crippen molar-refractivity contribution in [2.45, 2.75) is 58.2 Å². The first-order chi connectivity index (χ1) is 16.1. The number of nitriles is 1. The van der Waals surface area contributed by atoms with Gasteiger partial charge in [0.1, 0.15) is 5.82 Å². The molecule has 34 heavy (non-hydrogen) atoms. The Labute approximate surface area is 195 Å². The minimum Gasteiger partial charge on any atom is -0.315 e. The molecule has 3 unspecified atom stereocenters. The number of carbonyl (C=O) groups excluding carboxylic acids is 2. The van der Waals surface area contributed by atoms with Gasteiger partial charge in [0.05, 0.1) is 18.2 Å². The SMILES string of the molecule is CC12CCC(=O)N(Cc3c(F)cccc3C(F)(F)F)C=C1CCC1C2C(=O)C=C[C@H]1CCC#N. The summed E-state index contributed by atoms with van der Waals surface area (Å²) >= 11 is 0. The number of hydrogen-bond acceptors (Lipinski definition) is 3. The van der Waals surface area contributed by atoms with Crippen LogP contribution in [-0.2, 0) is 22.3 Å². The molecule has 1 aromatic carbocycles. The summed E-state index contributed by atoms with van der Waals surface area (Å²) in [5.74, 6) is -1.61. The molecular formula is C26H26F4N2O2. The van der Waals surface area contributed by atoms with E-state index in [0.29, 0.717) is 32.1 Å². The van der Waals surface area contributed by atoms with Crippen LogP contribution in [0.25, 0.3) is 0 Å². The van der Waals surface area contributed by atoms with E-state index < -0.39 is 41.0 Å². The van der Waals surface area contributed by atoms with Gasteiger partial charge >= 0.3 is 6.18 Å². The number of fused-ring (bicyclic) bond motifs is 3. The fourth-order valence-electron chi connectivity index (χ4n) is 6.03. The van der Waals surface area contributed by atoms with Crippen molar-refractivity contribution in [3.05, 3.63) is 59.1 Å². The average molecular weight is 474 g/mol. The van der Waals surface area contributed by atoms with E-state index >= 15 is 0 Å². The van der Waals surface area contributed by atoms with Crippen molar-refractivity contribution in [3.8, 4) is 6.07 Å². The Balaban J connectivity index is 1.69. The summed E-state index contributed by atoms with van der Waals surface area (Å²) in [5, 5.41) is 9.00. The Morgan fingerprint density at radius 2 is 2.00 bits per heavy atom. The first-order valence-electron chi connectivity index (χ1n) is 11.5. The number of halogens is 4. The van der Waals surface area contributed by atoms with Gasteiger partial charge in [-0.3, -0.25) is 9.59 Å². The van der Waals surface area contributed by atoms with Crippen molar-refractivity contribution in [3.63, 3.8) is 0 Å². The van der Waals surface area contributed by atoms with Gasteiger partial charge in [0.25, 0.3) is 0 Å². The quantitative estimate of drug-likeness (QED) is 0.507. The molecule has 1 fully saturated rings. The molecule has 1 aliphatic heterocycles. The predicted molar refractivity (Wildman–Crippen MR) is 116 cm³/mol. The number of benzene rings is 1. The zero-order valence-electron chi connectivity index (χ0n) is 18.9. The van der Waals surface area contributed by atoms with E-state index in [9.17, 15) is 27.2 Å². The maximum Gasteiger partial charge on any atom is 0.416 e. The van der Waals surface area contributed by atoms with Crippen LogP contribution in [0.3, 0.4) is 0 Å². The normalized spacial score (nSPS) is 29.1. The summed E-state index contributed by atoms with van der Waals surface area (Å²) in [6.45, 7) is 1.43. The lowest BCUT2D eigenvalue weighted by Crippen LogP contribution is -2.47.